The van der Waals surface area contributed by atoms with Crippen LogP contribution >= 0.6 is 11.3 Å². The average Bonchev–Trinajstić information content (AvgIpc) is 3.06. The lowest BCUT2D eigenvalue weighted by atomic mass is 10.1. The third kappa shape index (κ3) is 3.31. The van der Waals surface area contributed by atoms with Gasteiger partial charge in [-0.2, -0.15) is 0 Å². The maximum Gasteiger partial charge on any atom is 0.142 e. The van der Waals surface area contributed by atoms with Crippen LogP contribution in [0.25, 0.3) is 20.7 Å². The first-order valence-electron chi connectivity index (χ1n) is 8.49. The fraction of sp³-hybridized carbons (Fsp3) is 0.143. The third-order valence-corrected chi connectivity index (χ3v) is 5.63. The molecule has 0 aliphatic rings. The third-order valence-electron chi connectivity index (χ3n) is 4.38. The largest absolute Gasteiger partial charge is 0.497 e. The van der Waals surface area contributed by atoms with Crippen molar-refractivity contribution in [3.8, 4) is 21.9 Å². The van der Waals surface area contributed by atoms with E-state index < -0.39 is 0 Å². The molecule has 0 saturated carbocycles. The lowest BCUT2D eigenvalue weighted by Crippen LogP contribution is -1.97. The topological polar surface area (TPSA) is 56.3 Å². The second kappa shape index (κ2) is 7.25. The zero-order chi connectivity index (χ0) is 18.8. The van der Waals surface area contributed by atoms with Gasteiger partial charge in [0.25, 0.3) is 0 Å². The Morgan fingerprint density at radius 3 is 2.30 bits per heavy atom. The Hall–Kier alpha value is -3.12. The predicted octanol–water partition coefficient (Wildman–Crippen LogP) is 5.43. The molecule has 0 aliphatic carbocycles. The average molecular weight is 377 g/mol. The minimum absolute atomic E-state index is 0.717. The first kappa shape index (κ1) is 17.3. The van der Waals surface area contributed by atoms with Gasteiger partial charge in [0.1, 0.15) is 28.5 Å². The van der Waals surface area contributed by atoms with E-state index in [0.717, 1.165) is 21.7 Å². The number of benzene rings is 2. The molecule has 136 valence electrons. The number of methoxy groups -OCH3 is 2. The molecule has 2 aromatic heterocycles. The van der Waals surface area contributed by atoms with Crippen molar-refractivity contribution in [3.05, 3.63) is 60.4 Å². The van der Waals surface area contributed by atoms with Crippen LogP contribution in [0.5, 0.6) is 11.5 Å². The number of ether oxygens (including phenoxy) is 2. The summed E-state index contributed by atoms with van der Waals surface area (Å²) in [6.07, 6.45) is 1.59. The zero-order valence-electron chi connectivity index (χ0n) is 15.3. The maximum absolute atomic E-state index is 5.36. The highest BCUT2D eigenvalue weighted by Crippen LogP contribution is 2.40. The van der Waals surface area contributed by atoms with Crippen LogP contribution in [0.4, 0.5) is 11.5 Å². The molecular weight excluding hydrogens is 358 g/mol. The van der Waals surface area contributed by atoms with E-state index >= 15 is 0 Å². The number of thiophene rings is 1. The van der Waals surface area contributed by atoms with Gasteiger partial charge in [-0.1, -0.05) is 30.3 Å². The molecule has 4 rings (SSSR count). The number of hydrogen-bond donors (Lipinski definition) is 1. The highest BCUT2D eigenvalue weighted by Gasteiger charge is 2.16. The van der Waals surface area contributed by atoms with Crippen molar-refractivity contribution in [2.75, 3.05) is 19.5 Å². The molecule has 1 N–H and O–H groups in total. The number of fused-ring (bicyclic) bond motifs is 1. The van der Waals surface area contributed by atoms with Crippen LogP contribution in [-0.4, -0.2) is 24.2 Å². The second-order valence-corrected chi connectivity index (χ2v) is 7.05. The number of nitrogens with zero attached hydrogens (tertiary/aromatic N) is 2. The summed E-state index contributed by atoms with van der Waals surface area (Å²) in [5.74, 6) is 2.20. The molecule has 0 spiro atoms. The van der Waals surface area contributed by atoms with E-state index in [1.807, 2.05) is 36.4 Å². The predicted molar refractivity (Wildman–Crippen MR) is 110 cm³/mol. The number of hydrogen-bond acceptors (Lipinski definition) is 6. The van der Waals surface area contributed by atoms with Gasteiger partial charge < -0.3 is 14.8 Å². The van der Waals surface area contributed by atoms with Gasteiger partial charge in [0, 0.05) is 28.8 Å². The second-order valence-electron chi connectivity index (χ2n) is 6.05. The summed E-state index contributed by atoms with van der Waals surface area (Å²) in [6.45, 7) is 2.11. The lowest BCUT2D eigenvalue weighted by molar-refractivity contribution is 0.395. The van der Waals surface area contributed by atoms with Gasteiger partial charge in [-0.15, -0.1) is 11.3 Å². The van der Waals surface area contributed by atoms with Crippen LogP contribution < -0.4 is 14.8 Å². The smallest absolute Gasteiger partial charge is 0.142 e. The highest BCUT2D eigenvalue weighted by molar-refractivity contribution is 7.22. The molecule has 2 aromatic carbocycles. The fourth-order valence-corrected chi connectivity index (χ4v) is 4.20. The van der Waals surface area contributed by atoms with Gasteiger partial charge in [0.15, 0.2) is 0 Å². The number of aryl methyl sites for hydroxylation is 1. The van der Waals surface area contributed by atoms with Crippen molar-refractivity contribution in [2.24, 2.45) is 0 Å². The Labute approximate surface area is 161 Å². The van der Waals surface area contributed by atoms with Crippen molar-refractivity contribution < 1.29 is 9.47 Å². The molecule has 0 aliphatic heterocycles. The molecular formula is C21H19N3O2S. The van der Waals surface area contributed by atoms with E-state index in [2.05, 4.69) is 34.3 Å². The molecule has 2 heterocycles. The van der Waals surface area contributed by atoms with E-state index in [0.29, 0.717) is 11.5 Å². The van der Waals surface area contributed by atoms with Crippen molar-refractivity contribution in [3.63, 3.8) is 0 Å². The molecule has 5 nitrogen and oxygen atoms in total. The molecule has 27 heavy (non-hydrogen) atoms. The summed E-state index contributed by atoms with van der Waals surface area (Å²) in [7, 11) is 3.27. The van der Waals surface area contributed by atoms with Crippen molar-refractivity contribution in [1.82, 2.24) is 9.97 Å². The first-order valence-corrected chi connectivity index (χ1v) is 9.31. The van der Waals surface area contributed by atoms with Crippen LogP contribution in [0.1, 0.15) is 5.56 Å². The van der Waals surface area contributed by atoms with Gasteiger partial charge in [-0.05, 0) is 18.1 Å². The zero-order valence-corrected chi connectivity index (χ0v) is 16.1. The van der Waals surface area contributed by atoms with E-state index in [-0.39, 0.29) is 0 Å². The Morgan fingerprint density at radius 1 is 0.926 bits per heavy atom. The SMILES string of the molecule is COc1cc(Nc2ncnc3sc(-c4ccccc4)c(C)c23)cc(OC)c1. The van der Waals surface area contributed by atoms with E-state index in [1.54, 1.807) is 31.9 Å². The van der Waals surface area contributed by atoms with E-state index in [1.165, 1.54) is 16.0 Å². The van der Waals surface area contributed by atoms with E-state index in [4.69, 9.17) is 9.47 Å². The van der Waals surface area contributed by atoms with Gasteiger partial charge in [-0.3, -0.25) is 0 Å². The van der Waals surface area contributed by atoms with Crippen LogP contribution in [0.15, 0.2) is 54.9 Å². The minimum Gasteiger partial charge on any atom is -0.497 e. The van der Waals surface area contributed by atoms with Crippen LogP contribution in [-0.2, 0) is 0 Å². The molecule has 0 atom stereocenters. The summed E-state index contributed by atoms with van der Waals surface area (Å²) < 4.78 is 10.7. The Bertz CT molecular complexity index is 1070. The van der Waals surface area contributed by atoms with Crippen molar-refractivity contribution in [2.45, 2.75) is 6.92 Å². The van der Waals surface area contributed by atoms with Gasteiger partial charge in [0.05, 0.1) is 19.6 Å². The summed E-state index contributed by atoms with van der Waals surface area (Å²) >= 11 is 1.68. The molecule has 6 heteroatoms. The standard InChI is InChI=1S/C21H19N3O2S/c1-13-18-20(24-15-9-16(25-2)11-17(10-15)26-3)22-12-23-21(18)27-19(13)14-7-5-4-6-8-14/h4-12H,1-3H3,(H,22,23,24). The Balaban J connectivity index is 1.80. The number of aromatic nitrogens is 2. The molecule has 0 bridgehead atoms. The Morgan fingerprint density at radius 2 is 1.63 bits per heavy atom. The van der Waals surface area contributed by atoms with Crippen molar-refractivity contribution in [1.29, 1.82) is 0 Å². The Kier molecular flexibility index (Phi) is 4.64. The highest BCUT2D eigenvalue weighted by atomic mass is 32.1. The van der Waals surface area contributed by atoms with Gasteiger partial charge in [0.2, 0.25) is 0 Å². The fourth-order valence-electron chi connectivity index (χ4n) is 3.05. The molecule has 0 saturated heterocycles. The molecule has 0 fully saturated rings. The summed E-state index contributed by atoms with van der Waals surface area (Å²) in [4.78, 5) is 11.1. The van der Waals surface area contributed by atoms with Gasteiger partial charge in [-0.25, -0.2) is 9.97 Å². The van der Waals surface area contributed by atoms with Crippen LogP contribution in [0, 0.1) is 6.92 Å². The molecule has 0 unspecified atom stereocenters. The molecule has 0 radical (unpaired) electrons. The van der Waals surface area contributed by atoms with Crippen LogP contribution in [0.2, 0.25) is 0 Å². The molecule has 0 amide bonds. The summed E-state index contributed by atoms with van der Waals surface area (Å²) in [6, 6.07) is 16.0. The lowest BCUT2D eigenvalue weighted by Gasteiger charge is -2.11. The first-order chi connectivity index (χ1) is 13.2. The summed E-state index contributed by atoms with van der Waals surface area (Å²) in [5.41, 5.74) is 3.20. The number of rotatable bonds is 5. The normalized spacial score (nSPS) is 10.8. The maximum atomic E-state index is 5.36. The van der Waals surface area contributed by atoms with E-state index in [9.17, 15) is 0 Å². The summed E-state index contributed by atoms with van der Waals surface area (Å²) in [5, 5.41) is 4.43. The molecule has 4 aromatic rings. The quantitative estimate of drug-likeness (QED) is 0.503. The van der Waals surface area contributed by atoms with Gasteiger partial charge >= 0.3 is 0 Å². The monoisotopic (exact) mass is 377 g/mol. The minimum atomic E-state index is 0.717. The van der Waals surface area contributed by atoms with Crippen LogP contribution in [0.3, 0.4) is 0 Å². The number of anilines is 2. The number of nitrogens with one attached hydrogen (secondary N) is 1. The van der Waals surface area contributed by atoms with Crippen molar-refractivity contribution >= 4 is 33.1 Å².